The summed E-state index contributed by atoms with van der Waals surface area (Å²) in [6.07, 6.45) is 10.4. The number of ether oxygens (including phenoxy) is 2. The second kappa shape index (κ2) is 9.93. The van der Waals surface area contributed by atoms with Crippen LogP contribution in [-0.2, 0) is 9.53 Å². The van der Waals surface area contributed by atoms with Gasteiger partial charge in [-0.2, -0.15) is 5.10 Å². The Kier molecular flexibility index (Phi) is 6.94. The summed E-state index contributed by atoms with van der Waals surface area (Å²) in [6, 6.07) is 0.0144. The molecular formula is C28H41N5O5. The van der Waals surface area contributed by atoms with Crippen LogP contribution < -0.4 is 15.8 Å². The lowest BCUT2D eigenvalue weighted by Gasteiger charge is -2.58. The zero-order chi connectivity index (χ0) is 27.2. The molecule has 4 saturated carbocycles. The minimum Gasteiger partial charge on any atom is -0.477 e. The van der Waals surface area contributed by atoms with Gasteiger partial charge in [-0.05, 0) is 82.1 Å². The smallest absolute Gasteiger partial charge is 0.405 e. The van der Waals surface area contributed by atoms with Crippen molar-refractivity contribution in [3.63, 3.8) is 0 Å². The highest BCUT2D eigenvalue weighted by Gasteiger charge is 2.57. The van der Waals surface area contributed by atoms with E-state index in [1.807, 2.05) is 24.8 Å². The maximum Gasteiger partial charge on any atom is 0.405 e. The number of nitrogens with one attached hydrogen (secondary N) is 1. The molecule has 5 fully saturated rings. The van der Waals surface area contributed by atoms with Gasteiger partial charge in [-0.25, -0.2) is 9.48 Å². The van der Waals surface area contributed by atoms with Crippen molar-refractivity contribution < 1.29 is 23.9 Å². The Labute approximate surface area is 224 Å². The molecule has 1 saturated heterocycles. The molecule has 1 aromatic heterocycles. The Morgan fingerprint density at radius 2 is 1.97 bits per heavy atom. The summed E-state index contributed by atoms with van der Waals surface area (Å²) in [5.74, 6) is 1.60. The van der Waals surface area contributed by atoms with Gasteiger partial charge in [-0.3, -0.25) is 9.59 Å². The summed E-state index contributed by atoms with van der Waals surface area (Å²) in [7, 11) is 0. The first-order chi connectivity index (χ1) is 18.0. The maximum absolute atomic E-state index is 13.6. The summed E-state index contributed by atoms with van der Waals surface area (Å²) >= 11 is 0. The number of hydrogen-bond donors (Lipinski definition) is 2. The quantitative estimate of drug-likeness (QED) is 0.505. The molecule has 0 radical (unpaired) electrons. The Morgan fingerprint density at radius 3 is 2.58 bits per heavy atom. The van der Waals surface area contributed by atoms with Gasteiger partial charge in [-0.15, -0.1) is 0 Å². The van der Waals surface area contributed by atoms with Crippen molar-refractivity contribution in [2.45, 2.75) is 89.8 Å². The molecule has 3 amide bonds. The Hall–Kier alpha value is -3.04. The molecule has 1 aromatic rings. The van der Waals surface area contributed by atoms with E-state index >= 15 is 0 Å². The predicted molar refractivity (Wildman–Crippen MR) is 141 cm³/mol. The first-order valence-electron chi connectivity index (χ1n) is 14.0. The summed E-state index contributed by atoms with van der Waals surface area (Å²) < 4.78 is 13.3. The first-order valence-corrected chi connectivity index (χ1v) is 14.0. The van der Waals surface area contributed by atoms with Gasteiger partial charge in [0.15, 0.2) is 0 Å². The average molecular weight is 528 g/mol. The summed E-state index contributed by atoms with van der Waals surface area (Å²) in [6.45, 7) is 9.28. The fourth-order valence-electron chi connectivity index (χ4n) is 7.36. The van der Waals surface area contributed by atoms with Crippen molar-refractivity contribution in [1.29, 1.82) is 0 Å². The minimum atomic E-state index is -0.711. The molecule has 6 rings (SSSR count). The van der Waals surface area contributed by atoms with Crippen molar-refractivity contribution in [2.24, 2.45) is 29.4 Å². The van der Waals surface area contributed by atoms with Gasteiger partial charge >= 0.3 is 6.09 Å². The molecule has 0 aromatic carbocycles. The van der Waals surface area contributed by atoms with E-state index in [1.165, 1.54) is 0 Å². The standard InChI is InChI=1S/C28H41N5O5/c1-17(2)16-37-25-21(15-30-33(25)9-7-27(3,4)32-8-5-6-22(32)34)24(35)31-23-19-10-18-11-20(23)14-28(12-18,13-19)38-26(29)36/h7,9,15,17-20,23H,5-6,8,10-14,16H2,1-4H3,(H2,29,36)(H,31,35)/b9-7+/t18?,19?,20?,23-,28-. The normalized spacial score (nSPS) is 30.4. The molecule has 4 aliphatic carbocycles. The Balaban J connectivity index is 1.34. The zero-order valence-corrected chi connectivity index (χ0v) is 22.9. The van der Waals surface area contributed by atoms with Gasteiger partial charge in [0.2, 0.25) is 11.8 Å². The van der Waals surface area contributed by atoms with Crippen molar-refractivity contribution in [3.05, 3.63) is 17.8 Å². The lowest BCUT2D eigenvalue weighted by atomic mass is 9.52. The van der Waals surface area contributed by atoms with Gasteiger partial charge < -0.3 is 25.4 Å². The molecule has 3 N–H and O–H groups in total. The minimum absolute atomic E-state index is 0.0144. The Bertz CT molecular complexity index is 1110. The van der Waals surface area contributed by atoms with Crippen LogP contribution in [0.3, 0.4) is 0 Å². The molecule has 4 bridgehead atoms. The Morgan fingerprint density at radius 1 is 1.26 bits per heavy atom. The number of amides is 3. The number of carbonyl (C=O) groups excluding carboxylic acids is 3. The number of carbonyl (C=O) groups is 3. The van der Waals surface area contributed by atoms with E-state index in [1.54, 1.807) is 17.1 Å². The number of hydrogen-bond acceptors (Lipinski definition) is 6. The molecule has 1 aliphatic heterocycles. The third kappa shape index (κ3) is 5.14. The predicted octanol–water partition coefficient (Wildman–Crippen LogP) is 3.56. The topological polar surface area (TPSA) is 129 Å². The molecule has 5 aliphatic rings. The molecule has 2 heterocycles. The second-order valence-electron chi connectivity index (χ2n) is 12.7. The zero-order valence-electron chi connectivity index (χ0n) is 22.9. The van der Waals surface area contributed by atoms with Crippen LogP contribution in [0.1, 0.15) is 83.0 Å². The van der Waals surface area contributed by atoms with Crippen molar-refractivity contribution in [2.75, 3.05) is 13.2 Å². The van der Waals surface area contributed by atoms with Crippen molar-refractivity contribution >= 4 is 24.1 Å². The lowest BCUT2D eigenvalue weighted by molar-refractivity contribution is -0.137. The first kappa shape index (κ1) is 26.6. The maximum atomic E-state index is 13.6. The molecule has 208 valence electrons. The van der Waals surface area contributed by atoms with Crippen LogP contribution >= 0.6 is 0 Å². The number of primary amides is 1. The largest absolute Gasteiger partial charge is 0.477 e. The fourth-order valence-corrected chi connectivity index (χ4v) is 7.36. The number of aromatic nitrogens is 2. The fraction of sp³-hybridized carbons (Fsp3) is 0.714. The van der Waals surface area contributed by atoms with Crippen LogP contribution in [-0.4, -0.2) is 62.9 Å². The summed E-state index contributed by atoms with van der Waals surface area (Å²) in [4.78, 5) is 39.3. The van der Waals surface area contributed by atoms with Gasteiger partial charge in [0.25, 0.3) is 5.91 Å². The van der Waals surface area contributed by atoms with E-state index in [-0.39, 0.29) is 35.6 Å². The molecule has 2 unspecified atom stereocenters. The summed E-state index contributed by atoms with van der Waals surface area (Å²) in [5, 5.41) is 7.75. The van der Waals surface area contributed by atoms with E-state index in [0.29, 0.717) is 30.4 Å². The van der Waals surface area contributed by atoms with E-state index < -0.39 is 17.2 Å². The average Bonchev–Trinajstić information content (AvgIpc) is 3.43. The molecule has 10 heteroatoms. The number of nitrogens with two attached hydrogens (primary N) is 1. The van der Waals surface area contributed by atoms with Gasteiger partial charge in [0.1, 0.15) is 11.2 Å². The van der Waals surface area contributed by atoms with Crippen LogP contribution in [0.5, 0.6) is 5.88 Å². The number of likely N-dealkylation sites (tertiary alicyclic amines) is 1. The van der Waals surface area contributed by atoms with Gasteiger partial charge in [-0.1, -0.05) is 13.8 Å². The highest BCUT2D eigenvalue weighted by atomic mass is 16.6. The van der Waals surface area contributed by atoms with Crippen LogP contribution in [0.4, 0.5) is 4.79 Å². The molecule has 38 heavy (non-hydrogen) atoms. The lowest BCUT2D eigenvalue weighted by Crippen LogP contribution is -2.63. The highest BCUT2D eigenvalue weighted by Crippen LogP contribution is 2.57. The van der Waals surface area contributed by atoms with Crippen LogP contribution in [0, 0.1) is 23.7 Å². The highest BCUT2D eigenvalue weighted by molar-refractivity contribution is 5.96. The van der Waals surface area contributed by atoms with Crippen LogP contribution in [0.2, 0.25) is 0 Å². The monoisotopic (exact) mass is 527 g/mol. The van der Waals surface area contributed by atoms with Crippen molar-refractivity contribution in [3.8, 4) is 5.88 Å². The number of rotatable bonds is 9. The van der Waals surface area contributed by atoms with E-state index in [2.05, 4.69) is 24.3 Å². The van der Waals surface area contributed by atoms with Crippen LogP contribution in [0.25, 0.3) is 6.20 Å². The van der Waals surface area contributed by atoms with Crippen molar-refractivity contribution in [1.82, 2.24) is 20.0 Å². The number of nitrogens with zero attached hydrogens (tertiary/aromatic N) is 3. The molecular weight excluding hydrogens is 486 g/mol. The van der Waals surface area contributed by atoms with E-state index in [0.717, 1.165) is 45.1 Å². The second-order valence-corrected chi connectivity index (χ2v) is 12.7. The van der Waals surface area contributed by atoms with Gasteiger partial charge in [0, 0.05) is 25.2 Å². The van der Waals surface area contributed by atoms with E-state index in [4.69, 9.17) is 15.2 Å². The molecule has 10 nitrogen and oxygen atoms in total. The SMILES string of the molecule is CC(C)COc1c(C(=O)N[C@H]2C3CC4CC2C[C@](OC(N)=O)(C4)C3)cnn1/C=C/C(C)(C)N1CCCC1=O. The van der Waals surface area contributed by atoms with E-state index in [9.17, 15) is 14.4 Å². The van der Waals surface area contributed by atoms with Gasteiger partial charge in [0.05, 0.1) is 18.3 Å². The third-order valence-electron chi connectivity index (χ3n) is 8.77. The molecule has 2 atom stereocenters. The third-order valence-corrected chi connectivity index (χ3v) is 8.77. The summed E-state index contributed by atoms with van der Waals surface area (Å²) in [5.41, 5.74) is 4.82. The van der Waals surface area contributed by atoms with Crippen LogP contribution in [0.15, 0.2) is 12.3 Å². The molecule has 0 spiro atoms.